The molecule has 3 aliphatic heterocycles. The van der Waals surface area contributed by atoms with Gasteiger partial charge in [0.15, 0.2) is 0 Å². The van der Waals surface area contributed by atoms with E-state index in [2.05, 4.69) is 49.9 Å². The van der Waals surface area contributed by atoms with E-state index in [1.165, 1.54) is 0 Å². The van der Waals surface area contributed by atoms with Gasteiger partial charge in [0.1, 0.15) is 6.04 Å². The Bertz CT molecular complexity index is 870. The number of unbranched alkanes of at least 4 members (excludes halogenated alkanes) is 1. The van der Waals surface area contributed by atoms with Crippen molar-refractivity contribution in [3.8, 4) is 0 Å². The van der Waals surface area contributed by atoms with Crippen LogP contribution in [-0.4, -0.2) is 97.7 Å². The average Bonchev–Trinajstić information content (AvgIpc) is 3.42. The fraction of sp³-hybridized carbons (Fsp3) is 0.741. The molecule has 0 aromatic heterocycles. The summed E-state index contributed by atoms with van der Waals surface area (Å²) >= 11 is 5.45. The molecular weight excluding hydrogens is 542 g/mol. The van der Waals surface area contributed by atoms with Gasteiger partial charge in [0.25, 0.3) is 0 Å². The summed E-state index contributed by atoms with van der Waals surface area (Å²) in [4.78, 5) is 47.4. The maximum atomic E-state index is 14.3. The lowest BCUT2D eigenvalue weighted by Crippen LogP contribution is -2.58. The van der Waals surface area contributed by atoms with E-state index in [4.69, 9.17) is 0 Å². The number of fused-ring (bicyclic) bond motifs is 1. The van der Waals surface area contributed by atoms with Gasteiger partial charge in [-0.05, 0) is 25.2 Å². The Morgan fingerprint density at radius 3 is 2.50 bits per heavy atom. The van der Waals surface area contributed by atoms with Gasteiger partial charge in [-0.25, -0.2) is 0 Å². The molecule has 1 spiro atoms. The van der Waals surface area contributed by atoms with E-state index >= 15 is 0 Å². The fourth-order valence-electron chi connectivity index (χ4n) is 6.35. The molecule has 7 atom stereocenters. The highest BCUT2D eigenvalue weighted by molar-refractivity contribution is 9.09. The van der Waals surface area contributed by atoms with Gasteiger partial charge in [-0.2, -0.15) is 0 Å². The molecule has 0 radical (unpaired) electrons. The first kappa shape index (κ1) is 29.2. The molecular formula is C27H42BrN3O4S. The van der Waals surface area contributed by atoms with Crippen molar-refractivity contribution in [3.63, 3.8) is 0 Å². The van der Waals surface area contributed by atoms with Crippen LogP contribution in [0, 0.1) is 17.8 Å². The van der Waals surface area contributed by atoms with Crippen LogP contribution < -0.4 is 0 Å². The molecule has 202 valence electrons. The Morgan fingerprint density at radius 1 is 1.28 bits per heavy atom. The molecule has 0 saturated carbocycles. The predicted molar refractivity (Wildman–Crippen MR) is 149 cm³/mol. The zero-order chi connectivity index (χ0) is 26.8. The van der Waals surface area contributed by atoms with E-state index in [0.717, 1.165) is 12.8 Å². The predicted octanol–water partition coefficient (Wildman–Crippen LogP) is 3.32. The van der Waals surface area contributed by atoms with Gasteiger partial charge in [0, 0.05) is 36.8 Å². The van der Waals surface area contributed by atoms with Crippen LogP contribution in [0.5, 0.6) is 0 Å². The molecule has 36 heavy (non-hydrogen) atoms. The normalized spacial score (nSPS) is 31.5. The molecule has 9 heteroatoms. The van der Waals surface area contributed by atoms with Crippen molar-refractivity contribution in [1.82, 2.24) is 14.7 Å². The summed E-state index contributed by atoms with van der Waals surface area (Å²) < 4.78 is -0.710. The molecule has 0 aromatic carbocycles. The first-order chi connectivity index (χ1) is 17.1. The number of halogens is 1. The fourth-order valence-corrected chi connectivity index (χ4v) is 9.94. The topological polar surface area (TPSA) is 81.2 Å². The Morgan fingerprint density at radius 2 is 1.94 bits per heavy atom. The highest BCUT2D eigenvalue weighted by Crippen LogP contribution is 2.68. The number of amides is 3. The third-order valence-corrected chi connectivity index (χ3v) is 11.0. The number of alkyl halides is 1. The molecule has 3 aliphatic rings. The smallest absolute Gasteiger partial charge is 0.247 e. The SMILES string of the molecule is C=CCN(C)C(=O)[C@H]1[C@H]2C(=O)N([C@@H](CO)CC(C)C)C(C(=O)N(CC=C)CCCC)C23CC(Br)[C@@H]1S3. The number of aliphatic hydroxyl groups excluding tert-OH is 1. The lowest BCUT2D eigenvalue weighted by Gasteiger charge is -2.40. The first-order valence-corrected chi connectivity index (χ1v) is 14.9. The number of hydrogen-bond acceptors (Lipinski definition) is 5. The van der Waals surface area contributed by atoms with Crippen LogP contribution in [0.1, 0.15) is 46.5 Å². The van der Waals surface area contributed by atoms with E-state index in [0.29, 0.717) is 32.5 Å². The molecule has 3 unspecified atom stereocenters. The number of carbonyl (C=O) groups excluding carboxylic acids is 3. The maximum Gasteiger partial charge on any atom is 0.247 e. The summed E-state index contributed by atoms with van der Waals surface area (Å²) in [6.45, 7) is 15.0. The highest BCUT2D eigenvalue weighted by Gasteiger charge is 2.76. The number of likely N-dealkylation sites (N-methyl/N-ethyl adjacent to an activating group) is 1. The standard InChI is InChI=1S/C27H42BrN3O4S/c1-7-10-13-30(12-9-3)26(35)23-27-15-19(28)22(36-27)20(24(33)29(6)11-8-2)21(27)25(34)31(23)18(16-32)14-17(4)5/h8-9,17-23,32H,2-3,7,10-16H2,1,4-6H3/t18-,19?,20+,21+,22+,23?,27?/m1/s1. The zero-order valence-electron chi connectivity index (χ0n) is 22.1. The quantitative estimate of drug-likeness (QED) is 0.266. The van der Waals surface area contributed by atoms with Crippen molar-refractivity contribution in [2.75, 3.05) is 33.3 Å². The molecule has 3 saturated heterocycles. The van der Waals surface area contributed by atoms with Crippen molar-refractivity contribution >= 4 is 45.4 Å². The van der Waals surface area contributed by atoms with Gasteiger partial charge in [-0.1, -0.05) is 55.3 Å². The molecule has 0 aliphatic carbocycles. The molecule has 3 rings (SSSR count). The molecule has 3 amide bonds. The van der Waals surface area contributed by atoms with Gasteiger partial charge in [0.2, 0.25) is 17.7 Å². The lowest BCUT2D eigenvalue weighted by atomic mass is 9.70. The van der Waals surface area contributed by atoms with Crippen LogP contribution in [0.2, 0.25) is 0 Å². The number of aliphatic hydroxyl groups is 1. The number of thioether (sulfide) groups is 1. The summed E-state index contributed by atoms with van der Waals surface area (Å²) in [6, 6.07) is -1.20. The number of rotatable bonds is 13. The Kier molecular flexibility index (Phi) is 9.77. The first-order valence-electron chi connectivity index (χ1n) is 13.1. The zero-order valence-corrected chi connectivity index (χ0v) is 24.5. The Balaban J connectivity index is 2.12. The highest BCUT2D eigenvalue weighted by atomic mass is 79.9. The van der Waals surface area contributed by atoms with Crippen LogP contribution in [0.3, 0.4) is 0 Å². The van der Waals surface area contributed by atoms with E-state index in [1.807, 2.05) is 0 Å². The minimum Gasteiger partial charge on any atom is -0.394 e. The van der Waals surface area contributed by atoms with E-state index in [1.54, 1.807) is 45.7 Å². The summed E-state index contributed by atoms with van der Waals surface area (Å²) in [5.41, 5.74) is 0. The van der Waals surface area contributed by atoms with Crippen LogP contribution in [0.4, 0.5) is 0 Å². The van der Waals surface area contributed by atoms with Crippen molar-refractivity contribution in [3.05, 3.63) is 25.3 Å². The van der Waals surface area contributed by atoms with Crippen molar-refractivity contribution in [1.29, 1.82) is 0 Å². The monoisotopic (exact) mass is 583 g/mol. The summed E-state index contributed by atoms with van der Waals surface area (Å²) in [6.07, 6.45) is 6.43. The van der Waals surface area contributed by atoms with Crippen molar-refractivity contribution in [2.24, 2.45) is 17.8 Å². The Hall–Kier alpha value is -1.32. The second kappa shape index (κ2) is 12.0. The lowest BCUT2D eigenvalue weighted by molar-refractivity contribution is -0.147. The minimum atomic E-state index is -0.722. The Labute approximate surface area is 228 Å². The van der Waals surface area contributed by atoms with E-state index < -0.39 is 28.7 Å². The summed E-state index contributed by atoms with van der Waals surface area (Å²) in [5, 5.41) is 10.3. The van der Waals surface area contributed by atoms with Gasteiger partial charge in [-0.15, -0.1) is 24.9 Å². The molecule has 3 heterocycles. The van der Waals surface area contributed by atoms with Crippen molar-refractivity contribution < 1.29 is 19.5 Å². The molecule has 2 bridgehead atoms. The van der Waals surface area contributed by atoms with Crippen molar-refractivity contribution in [2.45, 2.75) is 73.4 Å². The van der Waals surface area contributed by atoms with Crippen LogP contribution in [0.15, 0.2) is 25.3 Å². The van der Waals surface area contributed by atoms with Crippen LogP contribution in [-0.2, 0) is 14.4 Å². The molecule has 3 fully saturated rings. The van der Waals surface area contributed by atoms with Gasteiger partial charge in [-0.3, -0.25) is 14.4 Å². The minimum absolute atomic E-state index is 0.0223. The molecule has 1 N–H and O–H groups in total. The van der Waals surface area contributed by atoms with Gasteiger partial charge < -0.3 is 19.8 Å². The third kappa shape index (κ3) is 5.04. The van der Waals surface area contributed by atoms with Gasteiger partial charge >= 0.3 is 0 Å². The maximum absolute atomic E-state index is 14.3. The van der Waals surface area contributed by atoms with E-state index in [-0.39, 0.29) is 40.3 Å². The second-order valence-corrected chi connectivity index (χ2v) is 13.5. The van der Waals surface area contributed by atoms with E-state index in [9.17, 15) is 19.5 Å². The molecule has 0 aromatic rings. The number of likely N-dealkylation sites (tertiary alicyclic amines) is 1. The summed E-state index contributed by atoms with van der Waals surface area (Å²) in [7, 11) is 1.74. The third-order valence-electron chi connectivity index (χ3n) is 7.82. The number of nitrogens with zero attached hydrogens (tertiary/aromatic N) is 3. The second-order valence-electron chi connectivity index (χ2n) is 10.8. The number of hydrogen-bond donors (Lipinski definition) is 1. The van der Waals surface area contributed by atoms with Gasteiger partial charge in [0.05, 0.1) is 29.2 Å². The van der Waals surface area contributed by atoms with Crippen LogP contribution >= 0.6 is 27.7 Å². The average molecular weight is 585 g/mol. The molecule has 7 nitrogen and oxygen atoms in total. The number of carbonyl (C=O) groups is 3. The largest absolute Gasteiger partial charge is 0.394 e. The summed E-state index contributed by atoms with van der Waals surface area (Å²) in [5.74, 6) is -1.22. The van der Waals surface area contributed by atoms with Crippen LogP contribution in [0.25, 0.3) is 0 Å².